The van der Waals surface area contributed by atoms with E-state index in [-0.39, 0.29) is 16.3 Å². The lowest BCUT2D eigenvalue weighted by Crippen LogP contribution is -2.26. The molecule has 2 heterocycles. The summed E-state index contributed by atoms with van der Waals surface area (Å²) in [6.45, 7) is 4.97. The van der Waals surface area contributed by atoms with Crippen LogP contribution >= 0.6 is 0 Å². The number of carbonyl (C=O) groups is 1. The normalized spacial score (nSPS) is 15.7. The number of hydrogen-bond donors (Lipinski definition) is 0. The summed E-state index contributed by atoms with van der Waals surface area (Å²) < 4.78 is 97.7. The minimum absolute atomic E-state index is 0.0316. The molecule has 0 saturated heterocycles. The maximum absolute atomic E-state index is 14.5. The monoisotopic (exact) mass is 483 g/mol. The lowest BCUT2D eigenvalue weighted by Gasteiger charge is -2.18. The predicted octanol–water partition coefficient (Wildman–Crippen LogP) is 6.18. The fourth-order valence-electron chi connectivity index (χ4n) is 3.93. The van der Waals surface area contributed by atoms with Gasteiger partial charge in [-0.1, -0.05) is 11.6 Å². The van der Waals surface area contributed by atoms with Crippen LogP contribution in [-0.2, 0) is 18.0 Å². The third-order valence-corrected chi connectivity index (χ3v) is 5.78. The molecule has 1 amide bonds. The number of aryl methyl sites for hydroxylation is 2. The van der Waals surface area contributed by atoms with Gasteiger partial charge in [-0.15, -0.1) is 0 Å². The van der Waals surface area contributed by atoms with Crippen LogP contribution in [0.15, 0.2) is 28.9 Å². The van der Waals surface area contributed by atoms with E-state index in [4.69, 9.17) is 0 Å². The first-order chi connectivity index (χ1) is 15.8. The molecule has 11 heteroatoms. The van der Waals surface area contributed by atoms with Crippen molar-refractivity contribution >= 4 is 34.3 Å². The van der Waals surface area contributed by atoms with E-state index in [0.29, 0.717) is 5.56 Å². The van der Waals surface area contributed by atoms with Gasteiger partial charge in [0.15, 0.2) is 23.3 Å². The Bertz CT molecular complexity index is 1420. The molecule has 0 fully saturated rings. The molecule has 0 bridgehead atoms. The zero-order valence-corrected chi connectivity index (χ0v) is 18.2. The number of benzene rings is 2. The van der Waals surface area contributed by atoms with Crippen LogP contribution in [-0.4, -0.2) is 16.2 Å². The molecular formula is C23H16F7N3O. The van der Waals surface area contributed by atoms with Gasteiger partial charge in [-0.05, 0) is 39.0 Å². The third kappa shape index (κ3) is 3.37. The molecule has 0 aliphatic carbocycles. The lowest BCUT2D eigenvalue weighted by atomic mass is 10.0. The standard InChI is InChI=1S/C23H16F7N3O/c1-9-5-6-15-14(7-9)13(11(3)32(15)4)8-12-10(2)31-33(22(12)34)21-19(26)17(24)16(23(28,29)30)18(25)20(21)27/h5-8H,1-4H3/b12-8+. The number of alkyl halides is 3. The number of fused-ring (bicyclic) bond motifs is 1. The SMILES string of the molecule is CC1=NN(c2c(F)c(F)c(C(F)(F)F)c(F)c2F)C(=O)/C1=C/c1c(C)n(C)c2ccc(C)cc12. The van der Waals surface area contributed by atoms with Gasteiger partial charge in [0.25, 0.3) is 5.91 Å². The van der Waals surface area contributed by atoms with Crippen molar-refractivity contribution < 1.29 is 35.5 Å². The van der Waals surface area contributed by atoms with E-state index in [1.807, 2.05) is 29.7 Å². The number of anilines is 1. The Morgan fingerprint density at radius 1 is 0.941 bits per heavy atom. The molecule has 4 nitrogen and oxygen atoms in total. The van der Waals surface area contributed by atoms with Crippen LogP contribution in [0.3, 0.4) is 0 Å². The van der Waals surface area contributed by atoms with Crippen LogP contribution in [0.25, 0.3) is 17.0 Å². The molecule has 0 radical (unpaired) electrons. The van der Waals surface area contributed by atoms with E-state index in [9.17, 15) is 35.5 Å². The molecule has 1 aromatic heterocycles. The molecule has 2 aromatic carbocycles. The Balaban J connectivity index is 1.87. The number of aromatic nitrogens is 1. The largest absolute Gasteiger partial charge is 0.422 e. The van der Waals surface area contributed by atoms with Crippen molar-refractivity contribution in [3.05, 3.63) is 69.4 Å². The molecule has 0 N–H and O–H groups in total. The Morgan fingerprint density at radius 2 is 1.53 bits per heavy atom. The van der Waals surface area contributed by atoms with E-state index >= 15 is 0 Å². The van der Waals surface area contributed by atoms with Crippen LogP contribution in [0.2, 0.25) is 0 Å². The van der Waals surface area contributed by atoms with Gasteiger partial charge in [-0.3, -0.25) is 4.79 Å². The summed E-state index contributed by atoms with van der Waals surface area (Å²) in [6.07, 6.45) is -4.28. The second kappa shape index (κ2) is 7.71. The number of halogens is 7. The predicted molar refractivity (Wildman–Crippen MR) is 112 cm³/mol. The van der Waals surface area contributed by atoms with Gasteiger partial charge in [0, 0.05) is 29.2 Å². The van der Waals surface area contributed by atoms with Crippen LogP contribution in [0.5, 0.6) is 0 Å². The Labute approximate surface area is 188 Å². The summed E-state index contributed by atoms with van der Waals surface area (Å²) in [5.74, 6) is -11.2. The minimum Gasteiger partial charge on any atom is -0.347 e. The molecular weight excluding hydrogens is 467 g/mol. The van der Waals surface area contributed by atoms with Crippen molar-refractivity contribution in [3.63, 3.8) is 0 Å². The van der Waals surface area contributed by atoms with Gasteiger partial charge in [0.05, 0.1) is 11.3 Å². The van der Waals surface area contributed by atoms with E-state index in [0.717, 1.165) is 22.2 Å². The van der Waals surface area contributed by atoms with Crippen LogP contribution < -0.4 is 5.01 Å². The molecule has 4 rings (SSSR count). The highest BCUT2D eigenvalue weighted by molar-refractivity contribution is 6.32. The van der Waals surface area contributed by atoms with E-state index in [1.54, 1.807) is 14.0 Å². The second-order valence-corrected chi connectivity index (χ2v) is 7.92. The maximum Gasteiger partial charge on any atom is 0.422 e. The zero-order valence-electron chi connectivity index (χ0n) is 18.2. The molecule has 0 spiro atoms. The first-order valence-corrected chi connectivity index (χ1v) is 9.86. The summed E-state index contributed by atoms with van der Waals surface area (Å²) >= 11 is 0. The lowest BCUT2D eigenvalue weighted by molar-refractivity contribution is -0.143. The Morgan fingerprint density at radius 3 is 2.09 bits per heavy atom. The molecule has 0 unspecified atom stereocenters. The molecule has 0 atom stereocenters. The molecule has 1 aliphatic rings. The summed E-state index contributed by atoms with van der Waals surface area (Å²) in [5, 5.41) is 4.48. The first-order valence-electron chi connectivity index (χ1n) is 9.86. The summed E-state index contributed by atoms with van der Waals surface area (Å²) in [6, 6.07) is 5.65. The average Bonchev–Trinajstić information content (AvgIpc) is 3.14. The first kappa shape index (κ1) is 23.5. The minimum atomic E-state index is -5.70. The molecule has 34 heavy (non-hydrogen) atoms. The number of hydrogen-bond acceptors (Lipinski definition) is 2. The highest BCUT2D eigenvalue weighted by Crippen LogP contribution is 2.41. The third-order valence-electron chi connectivity index (χ3n) is 5.78. The van der Waals surface area contributed by atoms with Crippen LogP contribution in [0.1, 0.15) is 29.3 Å². The quantitative estimate of drug-likeness (QED) is 0.244. The second-order valence-electron chi connectivity index (χ2n) is 7.92. The number of rotatable bonds is 2. The summed E-state index contributed by atoms with van der Waals surface area (Å²) in [5.41, 5.74) is -1.46. The van der Waals surface area contributed by atoms with Gasteiger partial charge in [0.1, 0.15) is 11.3 Å². The van der Waals surface area contributed by atoms with Crippen molar-refractivity contribution in [2.75, 3.05) is 5.01 Å². The van der Waals surface area contributed by atoms with Crippen molar-refractivity contribution in [1.29, 1.82) is 0 Å². The fourth-order valence-corrected chi connectivity index (χ4v) is 3.93. The van der Waals surface area contributed by atoms with E-state index in [2.05, 4.69) is 5.10 Å². The highest BCUT2D eigenvalue weighted by atomic mass is 19.4. The van der Waals surface area contributed by atoms with Crippen molar-refractivity contribution in [2.45, 2.75) is 26.9 Å². The fraction of sp³-hybridized carbons (Fsp3) is 0.217. The summed E-state index contributed by atoms with van der Waals surface area (Å²) in [7, 11) is 1.80. The number of nitrogens with zero attached hydrogens (tertiary/aromatic N) is 3. The van der Waals surface area contributed by atoms with Crippen LogP contribution in [0, 0.1) is 37.1 Å². The topological polar surface area (TPSA) is 37.6 Å². The Hall–Kier alpha value is -3.63. The average molecular weight is 483 g/mol. The van der Waals surface area contributed by atoms with E-state index in [1.165, 1.54) is 13.0 Å². The molecule has 0 saturated carbocycles. The van der Waals surface area contributed by atoms with E-state index < -0.39 is 46.6 Å². The van der Waals surface area contributed by atoms with Gasteiger partial charge in [0.2, 0.25) is 0 Å². The Kier molecular flexibility index (Phi) is 5.34. The van der Waals surface area contributed by atoms with Crippen LogP contribution in [0.4, 0.5) is 36.4 Å². The summed E-state index contributed by atoms with van der Waals surface area (Å²) in [4.78, 5) is 13.0. The van der Waals surface area contributed by atoms with Gasteiger partial charge in [-0.25, -0.2) is 17.6 Å². The van der Waals surface area contributed by atoms with Crippen molar-refractivity contribution in [1.82, 2.24) is 4.57 Å². The molecule has 1 aliphatic heterocycles. The van der Waals surface area contributed by atoms with Crippen molar-refractivity contribution in [2.24, 2.45) is 12.1 Å². The number of hydrazone groups is 1. The molecule has 3 aromatic rings. The van der Waals surface area contributed by atoms with Crippen molar-refractivity contribution in [3.8, 4) is 0 Å². The highest BCUT2D eigenvalue weighted by Gasteiger charge is 2.45. The molecule has 178 valence electrons. The van der Waals surface area contributed by atoms with Gasteiger partial charge < -0.3 is 4.57 Å². The maximum atomic E-state index is 14.5. The zero-order chi connectivity index (χ0) is 25.3. The number of carbonyl (C=O) groups excluding carboxylic acids is 1. The van der Waals surface area contributed by atoms with Gasteiger partial charge in [-0.2, -0.15) is 23.3 Å². The van der Waals surface area contributed by atoms with Gasteiger partial charge >= 0.3 is 6.18 Å². The number of amides is 1. The smallest absolute Gasteiger partial charge is 0.347 e.